The van der Waals surface area contributed by atoms with Gasteiger partial charge in [0.15, 0.2) is 4.96 Å². The number of aromatic nitrogens is 2. The molecule has 0 aliphatic heterocycles. The van der Waals surface area contributed by atoms with E-state index < -0.39 is 0 Å². The van der Waals surface area contributed by atoms with Crippen LogP contribution in [0.5, 0.6) is 0 Å². The van der Waals surface area contributed by atoms with E-state index in [-0.39, 0.29) is 11.4 Å². The van der Waals surface area contributed by atoms with Crippen LogP contribution in [-0.4, -0.2) is 32.4 Å². The summed E-state index contributed by atoms with van der Waals surface area (Å²) in [4.78, 5) is 5.69. The topological polar surface area (TPSA) is 49.6 Å². The van der Waals surface area contributed by atoms with Gasteiger partial charge in [-0.1, -0.05) is 25.6 Å². The van der Waals surface area contributed by atoms with Gasteiger partial charge >= 0.3 is 0 Å². The quantitative estimate of drug-likeness (QED) is 0.610. The van der Waals surface area contributed by atoms with E-state index in [4.69, 9.17) is 0 Å². The van der Waals surface area contributed by atoms with Crippen molar-refractivity contribution in [1.29, 1.82) is 0 Å². The van der Waals surface area contributed by atoms with Crippen molar-refractivity contribution in [1.82, 2.24) is 14.7 Å². The number of nitrogens with zero attached hydrogens (tertiary/aromatic N) is 2. The highest BCUT2D eigenvalue weighted by Gasteiger charge is 2.18. The molecule has 0 saturated carbocycles. The Morgan fingerprint density at radius 3 is 3.00 bits per heavy atom. The second-order valence-corrected chi connectivity index (χ2v) is 6.90. The van der Waals surface area contributed by atoms with Crippen molar-refractivity contribution < 1.29 is 5.11 Å². The van der Waals surface area contributed by atoms with Gasteiger partial charge in [-0.2, -0.15) is 0 Å². The van der Waals surface area contributed by atoms with Crippen molar-refractivity contribution in [2.75, 3.05) is 6.54 Å². The number of hydrogen-bond donors (Lipinski definition) is 2. The number of fused-ring (bicyclic) bond motifs is 1. The first-order chi connectivity index (χ1) is 9.13. The molecule has 2 N–H and O–H groups in total. The number of imidazole rings is 1. The Balaban J connectivity index is 2.20. The fourth-order valence-corrected chi connectivity index (χ4v) is 3.51. The second kappa shape index (κ2) is 6.74. The fraction of sp³-hybridized carbons (Fsp3) is 0.615. The molecule has 2 atom stereocenters. The van der Waals surface area contributed by atoms with Crippen LogP contribution in [0.4, 0.5) is 0 Å². The molecule has 0 aliphatic rings. The normalized spacial score (nSPS) is 14.9. The molecular formula is C13H21N3OS2. The summed E-state index contributed by atoms with van der Waals surface area (Å²) in [5, 5.41) is 16.3. The maximum Gasteiger partial charge on any atom is 0.194 e. The Morgan fingerprint density at radius 1 is 1.53 bits per heavy atom. The number of hydrogen-bond acceptors (Lipinski definition) is 5. The standard InChI is InChI=1S/C13H21N3OS2/c1-4-5-14-8-11-12(19-10(3)9(2)17)15-13-16(11)6-7-18-13/h6-7,9-10,14,17H,4-5,8H2,1-3H3. The number of rotatable bonds is 7. The van der Waals surface area contributed by atoms with Gasteiger partial charge in [0.1, 0.15) is 5.03 Å². The molecule has 2 heterocycles. The molecule has 19 heavy (non-hydrogen) atoms. The summed E-state index contributed by atoms with van der Waals surface area (Å²) in [5.41, 5.74) is 1.20. The van der Waals surface area contributed by atoms with Crippen LogP contribution >= 0.6 is 23.1 Å². The predicted octanol–water partition coefficient (Wildman–Crippen LogP) is 2.76. The van der Waals surface area contributed by atoms with Gasteiger partial charge in [-0.15, -0.1) is 11.3 Å². The van der Waals surface area contributed by atoms with Crippen molar-refractivity contribution in [3.05, 3.63) is 17.3 Å². The monoisotopic (exact) mass is 299 g/mol. The molecule has 6 heteroatoms. The summed E-state index contributed by atoms with van der Waals surface area (Å²) < 4.78 is 2.14. The molecule has 0 bridgehead atoms. The lowest BCUT2D eigenvalue weighted by atomic mass is 10.3. The summed E-state index contributed by atoms with van der Waals surface area (Å²) in [5.74, 6) is 0. The van der Waals surface area contributed by atoms with Crippen LogP contribution in [0.25, 0.3) is 4.96 Å². The zero-order valence-electron chi connectivity index (χ0n) is 11.6. The van der Waals surface area contributed by atoms with E-state index in [9.17, 15) is 5.11 Å². The van der Waals surface area contributed by atoms with Gasteiger partial charge in [0.2, 0.25) is 0 Å². The van der Waals surface area contributed by atoms with Gasteiger partial charge in [0.25, 0.3) is 0 Å². The Hall–Kier alpha value is -0.560. The van der Waals surface area contributed by atoms with Crippen molar-refractivity contribution >= 4 is 28.1 Å². The first kappa shape index (κ1) is 14.8. The molecule has 106 valence electrons. The minimum atomic E-state index is -0.332. The number of thioether (sulfide) groups is 1. The Morgan fingerprint density at radius 2 is 2.32 bits per heavy atom. The molecule has 2 unspecified atom stereocenters. The maximum atomic E-state index is 9.64. The third-order valence-electron chi connectivity index (χ3n) is 3.02. The van der Waals surface area contributed by atoms with E-state index in [1.807, 2.05) is 13.8 Å². The zero-order chi connectivity index (χ0) is 13.8. The van der Waals surface area contributed by atoms with Gasteiger partial charge in [-0.25, -0.2) is 4.98 Å². The first-order valence-electron chi connectivity index (χ1n) is 6.63. The molecule has 0 amide bonds. The molecule has 4 nitrogen and oxygen atoms in total. The minimum Gasteiger partial charge on any atom is -0.392 e. The van der Waals surface area contributed by atoms with E-state index in [0.717, 1.165) is 29.5 Å². The second-order valence-electron chi connectivity index (χ2n) is 4.66. The van der Waals surface area contributed by atoms with Crippen molar-refractivity contribution in [3.8, 4) is 0 Å². The van der Waals surface area contributed by atoms with Crippen LogP contribution in [0.2, 0.25) is 0 Å². The highest BCUT2D eigenvalue weighted by atomic mass is 32.2. The highest BCUT2D eigenvalue weighted by Crippen LogP contribution is 2.30. The first-order valence-corrected chi connectivity index (χ1v) is 8.39. The third-order valence-corrected chi connectivity index (χ3v) is 5.09. The summed E-state index contributed by atoms with van der Waals surface area (Å²) in [6.45, 7) is 7.85. The van der Waals surface area contributed by atoms with Crippen molar-refractivity contribution in [3.63, 3.8) is 0 Å². The van der Waals surface area contributed by atoms with E-state index in [2.05, 4.69) is 33.2 Å². The summed E-state index contributed by atoms with van der Waals surface area (Å²) in [7, 11) is 0. The zero-order valence-corrected chi connectivity index (χ0v) is 13.2. The van der Waals surface area contributed by atoms with Crippen LogP contribution < -0.4 is 5.32 Å². The number of aliphatic hydroxyl groups excluding tert-OH is 1. The molecule has 0 spiro atoms. The molecule has 2 aromatic heterocycles. The lowest BCUT2D eigenvalue weighted by molar-refractivity contribution is 0.196. The van der Waals surface area contributed by atoms with Crippen molar-refractivity contribution in [2.45, 2.75) is 50.1 Å². The number of aliphatic hydroxyl groups is 1. The molecule has 0 fully saturated rings. The third kappa shape index (κ3) is 3.51. The highest BCUT2D eigenvalue weighted by molar-refractivity contribution is 7.99. The van der Waals surface area contributed by atoms with Gasteiger partial charge in [0, 0.05) is 23.4 Å². The molecule has 0 saturated heterocycles. The van der Waals surface area contributed by atoms with Gasteiger partial charge < -0.3 is 10.4 Å². The van der Waals surface area contributed by atoms with E-state index in [0.29, 0.717) is 0 Å². The van der Waals surface area contributed by atoms with Gasteiger partial charge in [0.05, 0.1) is 11.8 Å². The van der Waals surface area contributed by atoms with E-state index >= 15 is 0 Å². The molecule has 2 aromatic rings. The van der Waals surface area contributed by atoms with Gasteiger partial charge in [-0.05, 0) is 19.9 Å². The summed E-state index contributed by atoms with van der Waals surface area (Å²) >= 11 is 3.30. The van der Waals surface area contributed by atoms with E-state index in [1.54, 1.807) is 23.1 Å². The summed E-state index contributed by atoms with van der Waals surface area (Å²) in [6.07, 6.45) is 2.85. The molecule has 2 rings (SSSR count). The van der Waals surface area contributed by atoms with Crippen LogP contribution in [-0.2, 0) is 6.54 Å². The molecule has 0 aliphatic carbocycles. The fourth-order valence-electron chi connectivity index (χ4n) is 1.73. The Labute approximate surface area is 122 Å². The molecular weight excluding hydrogens is 278 g/mol. The average molecular weight is 299 g/mol. The lowest BCUT2D eigenvalue weighted by Crippen LogP contribution is -2.18. The van der Waals surface area contributed by atoms with Crippen LogP contribution in [0, 0.1) is 0 Å². The number of nitrogens with one attached hydrogen (secondary N) is 1. The van der Waals surface area contributed by atoms with Crippen molar-refractivity contribution in [2.24, 2.45) is 0 Å². The van der Waals surface area contributed by atoms with Crippen LogP contribution in [0.3, 0.4) is 0 Å². The summed E-state index contributed by atoms with van der Waals surface area (Å²) in [6, 6.07) is 0. The van der Waals surface area contributed by atoms with Gasteiger partial charge in [-0.3, -0.25) is 4.40 Å². The predicted molar refractivity (Wildman–Crippen MR) is 82.1 cm³/mol. The Kier molecular flexibility index (Phi) is 5.27. The molecule has 0 radical (unpaired) electrons. The smallest absolute Gasteiger partial charge is 0.194 e. The number of thiazole rings is 1. The largest absolute Gasteiger partial charge is 0.392 e. The average Bonchev–Trinajstić information content (AvgIpc) is 2.92. The lowest BCUT2D eigenvalue weighted by Gasteiger charge is -2.13. The SMILES string of the molecule is CCCNCc1c(SC(C)C(C)O)nc2sccn12. The van der Waals surface area contributed by atoms with E-state index in [1.165, 1.54) is 5.69 Å². The minimum absolute atomic E-state index is 0.148. The van der Waals surface area contributed by atoms with Crippen LogP contribution in [0.1, 0.15) is 32.9 Å². The maximum absolute atomic E-state index is 9.64. The Bertz CT molecular complexity index is 521. The van der Waals surface area contributed by atoms with Crippen LogP contribution in [0.15, 0.2) is 16.6 Å². The molecule has 0 aromatic carbocycles.